The number of thiazole rings is 1. The number of thiophene rings is 1. The minimum absolute atomic E-state index is 0.235. The Labute approximate surface area is 158 Å². The Bertz CT molecular complexity index is 926. The van der Waals surface area contributed by atoms with Crippen LogP contribution >= 0.6 is 22.7 Å². The number of carboxylic acids is 1. The quantitative estimate of drug-likeness (QED) is 0.830. The lowest BCUT2D eigenvalue weighted by atomic mass is 10.1. The number of fused-ring (bicyclic) bond motifs is 1. The molecule has 6 nitrogen and oxygen atoms in total. The van der Waals surface area contributed by atoms with E-state index in [1.807, 2.05) is 12.3 Å². The molecule has 1 aliphatic heterocycles. The van der Waals surface area contributed by atoms with E-state index in [1.165, 1.54) is 16.9 Å². The second-order valence-corrected chi connectivity index (χ2v) is 8.34. The third-order valence-corrected chi connectivity index (χ3v) is 6.73. The minimum Gasteiger partial charge on any atom is -0.478 e. The van der Waals surface area contributed by atoms with Crippen molar-refractivity contribution in [2.45, 2.75) is 39.2 Å². The van der Waals surface area contributed by atoms with Gasteiger partial charge in [0.05, 0.1) is 13.2 Å². The van der Waals surface area contributed by atoms with Gasteiger partial charge in [-0.3, -0.25) is 4.79 Å². The van der Waals surface area contributed by atoms with Crippen LogP contribution in [0.2, 0.25) is 0 Å². The zero-order chi connectivity index (χ0) is 18.3. The summed E-state index contributed by atoms with van der Waals surface area (Å²) >= 11 is 3.06. The summed E-state index contributed by atoms with van der Waals surface area (Å²) in [4.78, 5) is 29.8. The SMILES string of the molecule is Cc1csc(-c2c(NC(=O)C3=C(C(=O)O)CCC3)sc3c2CCOC3)n1. The molecule has 3 heterocycles. The van der Waals surface area contributed by atoms with Crippen LogP contribution in [0.25, 0.3) is 10.6 Å². The summed E-state index contributed by atoms with van der Waals surface area (Å²) in [7, 11) is 0. The molecule has 26 heavy (non-hydrogen) atoms. The maximum atomic E-state index is 12.8. The first-order valence-corrected chi connectivity index (χ1v) is 10.2. The number of aliphatic carboxylic acids is 1. The topological polar surface area (TPSA) is 88.5 Å². The van der Waals surface area contributed by atoms with Crippen molar-refractivity contribution in [2.75, 3.05) is 11.9 Å². The number of nitrogens with zero attached hydrogens (tertiary/aromatic N) is 1. The second-order valence-electron chi connectivity index (χ2n) is 6.37. The molecule has 0 aromatic carbocycles. The van der Waals surface area contributed by atoms with Gasteiger partial charge in [-0.05, 0) is 38.2 Å². The molecule has 0 saturated heterocycles. The first-order valence-electron chi connectivity index (χ1n) is 8.46. The fourth-order valence-corrected chi connectivity index (χ4v) is 5.55. The Hall–Kier alpha value is -2.03. The number of ether oxygens (including phenoxy) is 1. The summed E-state index contributed by atoms with van der Waals surface area (Å²) in [6.07, 6.45) is 2.45. The van der Waals surface area contributed by atoms with E-state index in [2.05, 4.69) is 10.3 Å². The molecule has 1 aliphatic carbocycles. The van der Waals surface area contributed by atoms with E-state index >= 15 is 0 Å². The monoisotopic (exact) mass is 390 g/mol. The Morgan fingerprint density at radius 2 is 2.08 bits per heavy atom. The molecule has 2 aliphatic rings. The predicted octanol–water partition coefficient (Wildman–Crippen LogP) is 3.76. The number of carbonyl (C=O) groups excluding carboxylic acids is 1. The van der Waals surface area contributed by atoms with Crippen LogP contribution in [0.3, 0.4) is 0 Å². The number of carbonyl (C=O) groups is 2. The zero-order valence-electron chi connectivity index (χ0n) is 14.3. The van der Waals surface area contributed by atoms with E-state index in [9.17, 15) is 14.7 Å². The standard InChI is InChI=1S/C18H18N2O4S2/c1-9-8-25-16(19-9)14-12-5-6-24-7-13(12)26-17(14)20-15(21)10-3-2-4-11(10)18(22)23/h8H,2-7H2,1H3,(H,20,21)(H,22,23). The summed E-state index contributed by atoms with van der Waals surface area (Å²) in [6, 6.07) is 0. The number of aromatic nitrogens is 1. The lowest BCUT2D eigenvalue weighted by Crippen LogP contribution is -2.16. The van der Waals surface area contributed by atoms with Gasteiger partial charge >= 0.3 is 5.97 Å². The Morgan fingerprint density at radius 1 is 1.27 bits per heavy atom. The number of carboxylic acid groups (broad SMARTS) is 1. The van der Waals surface area contributed by atoms with Crippen molar-refractivity contribution in [1.29, 1.82) is 0 Å². The second kappa shape index (κ2) is 6.94. The Balaban J connectivity index is 1.73. The van der Waals surface area contributed by atoms with Gasteiger partial charge in [0.15, 0.2) is 0 Å². The maximum Gasteiger partial charge on any atom is 0.332 e. The highest BCUT2D eigenvalue weighted by Crippen LogP contribution is 2.44. The van der Waals surface area contributed by atoms with Crippen LogP contribution in [-0.4, -0.2) is 28.6 Å². The van der Waals surface area contributed by atoms with Gasteiger partial charge in [0.1, 0.15) is 10.0 Å². The van der Waals surface area contributed by atoms with Crippen molar-refractivity contribution in [1.82, 2.24) is 4.98 Å². The molecule has 2 aromatic rings. The molecule has 8 heteroatoms. The summed E-state index contributed by atoms with van der Waals surface area (Å²) in [5, 5.41) is 15.9. The van der Waals surface area contributed by atoms with Crippen molar-refractivity contribution in [3.8, 4) is 10.6 Å². The molecule has 136 valence electrons. The molecule has 0 radical (unpaired) electrons. The highest BCUT2D eigenvalue weighted by molar-refractivity contribution is 7.18. The summed E-state index contributed by atoms with van der Waals surface area (Å²) < 4.78 is 5.55. The van der Waals surface area contributed by atoms with E-state index in [0.717, 1.165) is 32.6 Å². The van der Waals surface area contributed by atoms with Gasteiger partial charge in [0.25, 0.3) is 5.91 Å². The van der Waals surface area contributed by atoms with Crippen LogP contribution in [0, 0.1) is 6.92 Å². The molecule has 0 saturated carbocycles. The van der Waals surface area contributed by atoms with Gasteiger partial charge in [-0.25, -0.2) is 9.78 Å². The number of nitrogens with one attached hydrogen (secondary N) is 1. The van der Waals surface area contributed by atoms with Crippen LogP contribution < -0.4 is 5.32 Å². The maximum absolute atomic E-state index is 12.8. The van der Waals surface area contributed by atoms with Crippen LogP contribution in [0.5, 0.6) is 0 Å². The van der Waals surface area contributed by atoms with Gasteiger partial charge in [-0.2, -0.15) is 0 Å². The average molecular weight is 390 g/mol. The van der Waals surface area contributed by atoms with E-state index < -0.39 is 5.97 Å². The van der Waals surface area contributed by atoms with Crippen LogP contribution in [-0.2, 0) is 27.4 Å². The zero-order valence-corrected chi connectivity index (χ0v) is 15.9. The van der Waals surface area contributed by atoms with E-state index in [4.69, 9.17) is 4.74 Å². The molecular weight excluding hydrogens is 372 g/mol. The first-order chi connectivity index (χ1) is 12.5. The molecule has 1 amide bonds. The van der Waals surface area contributed by atoms with Crippen molar-refractivity contribution >= 4 is 39.6 Å². The molecule has 0 spiro atoms. The molecular formula is C18H18N2O4S2. The third kappa shape index (κ3) is 3.08. The Morgan fingerprint density at radius 3 is 2.81 bits per heavy atom. The minimum atomic E-state index is -0.998. The number of anilines is 1. The molecule has 4 rings (SSSR count). The molecule has 0 fully saturated rings. The number of amides is 1. The van der Waals surface area contributed by atoms with Gasteiger partial charge in [0.2, 0.25) is 0 Å². The predicted molar refractivity (Wildman–Crippen MR) is 101 cm³/mol. The van der Waals surface area contributed by atoms with Crippen LogP contribution in [0.15, 0.2) is 16.5 Å². The van der Waals surface area contributed by atoms with E-state index in [-0.39, 0.29) is 11.5 Å². The average Bonchev–Trinajstić information content (AvgIpc) is 3.31. The molecule has 2 N–H and O–H groups in total. The lowest BCUT2D eigenvalue weighted by Gasteiger charge is -2.13. The van der Waals surface area contributed by atoms with Gasteiger partial charge in [-0.1, -0.05) is 0 Å². The smallest absolute Gasteiger partial charge is 0.332 e. The van der Waals surface area contributed by atoms with Crippen molar-refractivity contribution in [3.63, 3.8) is 0 Å². The van der Waals surface area contributed by atoms with Crippen molar-refractivity contribution in [2.24, 2.45) is 0 Å². The summed E-state index contributed by atoms with van der Waals surface area (Å²) in [5.41, 5.74) is 3.72. The van der Waals surface area contributed by atoms with Gasteiger partial charge in [0, 0.05) is 32.7 Å². The molecule has 0 bridgehead atoms. The number of aryl methyl sites for hydroxylation is 1. The summed E-state index contributed by atoms with van der Waals surface area (Å²) in [6.45, 7) is 3.14. The fourth-order valence-electron chi connectivity index (χ4n) is 3.42. The van der Waals surface area contributed by atoms with Gasteiger partial charge in [-0.15, -0.1) is 22.7 Å². The molecule has 0 unspecified atom stereocenters. The number of rotatable bonds is 4. The van der Waals surface area contributed by atoms with Crippen molar-refractivity contribution < 1.29 is 19.4 Å². The molecule has 0 atom stereocenters. The summed E-state index contributed by atoms with van der Waals surface area (Å²) in [5.74, 6) is -1.31. The largest absolute Gasteiger partial charge is 0.478 e. The third-order valence-electron chi connectivity index (χ3n) is 4.63. The van der Waals surface area contributed by atoms with Crippen LogP contribution in [0.4, 0.5) is 5.00 Å². The number of hydrogen-bond donors (Lipinski definition) is 2. The Kier molecular flexibility index (Phi) is 4.64. The van der Waals surface area contributed by atoms with Crippen LogP contribution in [0.1, 0.15) is 35.4 Å². The highest BCUT2D eigenvalue weighted by Gasteiger charge is 2.29. The lowest BCUT2D eigenvalue weighted by molar-refractivity contribution is -0.133. The first kappa shape index (κ1) is 17.4. The molecule has 2 aromatic heterocycles. The van der Waals surface area contributed by atoms with E-state index in [0.29, 0.717) is 38.0 Å². The fraction of sp³-hybridized carbons (Fsp3) is 0.389. The van der Waals surface area contributed by atoms with E-state index in [1.54, 1.807) is 11.3 Å². The van der Waals surface area contributed by atoms with Crippen molar-refractivity contribution in [3.05, 3.63) is 32.7 Å². The normalized spacial score (nSPS) is 16.7. The highest BCUT2D eigenvalue weighted by atomic mass is 32.1. The number of hydrogen-bond acceptors (Lipinski definition) is 6. The van der Waals surface area contributed by atoms with Gasteiger partial charge < -0.3 is 15.2 Å².